The SMILES string of the molecule is OC1(C(n2nnc3ccccc32)n2c3ccccc3c3ccccc32)CCCCC1. The Balaban J connectivity index is 1.72. The molecule has 0 amide bonds. The monoisotopic (exact) mass is 396 g/mol. The molecule has 1 atom stereocenters. The van der Waals surface area contributed by atoms with Crippen LogP contribution in [0.4, 0.5) is 0 Å². The van der Waals surface area contributed by atoms with Crippen molar-refractivity contribution in [3.05, 3.63) is 72.8 Å². The summed E-state index contributed by atoms with van der Waals surface area (Å²) in [5.74, 6) is 0. The van der Waals surface area contributed by atoms with E-state index < -0.39 is 5.60 Å². The van der Waals surface area contributed by atoms with E-state index in [4.69, 9.17) is 0 Å². The summed E-state index contributed by atoms with van der Waals surface area (Å²) in [6.45, 7) is 0. The highest BCUT2D eigenvalue weighted by molar-refractivity contribution is 6.08. The fraction of sp³-hybridized carbons (Fsp3) is 0.280. The highest BCUT2D eigenvalue weighted by atomic mass is 16.3. The van der Waals surface area contributed by atoms with Crippen LogP contribution in [0.25, 0.3) is 32.8 Å². The Morgan fingerprint density at radius 3 is 1.97 bits per heavy atom. The molecule has 0 radical (unpaired) electrons. The van der Waals surface area contributed by atoms with E-state index in [1.54, 1.807) is 0 Å². The first-order chi connectivity index (χ1) is 14.8. The van der Waals surface area contributed by atoms with Crippen LogP contribution in [0.1, 0.15) is 38.3 Å². The average Bonchev–Trinajstić information content (AvgIpc) is 3.35. The summed E-state index contributed by atoms with van der Waals surface area (Å²) in [6, 6.07) is 24.9. The number of hydrogen-bond donors (Lipinski definition) is 1. The molecule has 5 nitrogen and oxygen atoms in total. The molecule has 0 spiro atoms. The summed E-state index contributed by atoms with van der Waals surface area (Å²) in [7, 11) is 0. The van der Waals surface area contributed by atoms with Gasteiger partial charge in [0.15, 0.2) is 6.17 Å². The van der Waals surface area contributed by atoms with Gasteiger partial charge >= 0.3 is 0 Å². The zero-order valence-electron chi connectivity index (χ0n) is 16.8. The van der Waals surface area contributed by atoms with E-state index >= 15 is 0 Å². The van der Waals surface area contributed by atoms with Gasteiger partial charge in [-0.15, -0.1) is 5.10 Å². The number of fused-ring (bicyclic) bond motifs is 4. The molecule has 2 heterocycles. The van der Waals surface area contributed by atoms with Crippen molar-refractivity contribution >= 4 is 32.8 Å². The summed E-state index contributed by atoms with van der Waals surface area (Å²) in [5, 5.41) is 23.4. The number of aliphatic hydroxyl groups is 1. The first kappa shape index (κ1) is 17.7. The van der Waals surface area contributed by atoms with E-state index in [1.807, 2.05) is 28.9 Å². The molecule has 1 saturated carbocycles. The third kappa shape index (κ3) is 2.52. The summed E-state index contributed by atoms with van der Waals surface area (Å²) in [5.41, 5.74) is 3.13. The minimum Gasteiger partial charge on any atom is -0.386 e. The molecular formula is C25H24N4O. The van der Waals surface area contributed by atoms with E-state index in [9.17, 15) is 5.11 Å². The highest BCUT2D eigenvalue weighted by Gasteiger charge is 2.42. The molecule has 0 bridgehead atoms. The molecule has 1 unspecified atom stereocenters. The fourth-order valence-corrected chi connectivity index (χ4v) is 5.28. The Hall–Kier alpha value is -3.18. The second-order valence-corrected chi connectivity index (χ2v) is 8.46. The van der Waals surface area contributed by atoms with E-state index in [1.165, 1.54) is 17.2 Å². The predicted octanol–water partition coefficient (Wildman–Crippen LogP) is 5.28. The van der Waals surface area contributed by atoms with E-state index in [2.05, 4.69) is 63.4 Å². The van der Waals surface area contributed by atoms with Gasteiger partial charge in [-0.05, 0) is 37.1 Å². The average molecular weight is 396 g/mol. The minimum absolute atomic E-state index is 0.366. The molecule has 5 aromatic rings. The molecule has 1 aliphatic rings. The fourth-order valence-electron chi connectivity index (χ4n) is 5.28. The molecule has 0 saturated heterocycles. The number of para-hydroxylation sites is 3. The number of hydrogen-bond acceptors (Lipinski definition) is 3. The third-order valence-corrected chi connectivity index (χ3v) is 6.67. The van der Waals surface area contributed by atoms with Gasteiger partial charge in [-0.2, -0.15) is 0 Å². The number of aromatic nitrogens is 4. The van der Waals surface area contributed by atoms with Gasteiger partial charge in [-0.1, -0.05) is 73.0 Å². The van der Waals surface area contributed by atoms with Crippen molar-refractivity contribution in [1.29, 1.82) is 0 Å². The number of benzene rings is 3. The molecule has 1 N–H and O–H groups in total. The summed E-state index contributed by atoms with van der Waals surface area (Å²) < 4.78 is 4.23. The molecule has 30 heavy (non-hydrogen) atoms. The van der Waals surface area contributed by atoms with Gasteiger partial charge in [0.1, 0.15) is 11.1 Å². The second-order valence-electron chi connectivity index (χ2n) is 8.46. The third-order valence-electron chi connectivity index (χ3n) is 6.67. The molecule has 0 aliphatic heterocycles. The molecule has 1 aliphatic carbocycles. The summed E-state index contributed by atoms with van der Waals surface area (Å²) in [6.07, 6.45) is 4.36. The molecule has 1 fully saturated rings. The van der Waals surface area contributed by atoms with Gasteiger partial charge in [-0.25, -0.2) is 4.68 Å². The first-order valence-electron chi connectivity index (χ1n) is 10.8. The lowest BCUT2D eigenvalue weighted by Crippen LogP contribution is -2.45. The maximum Gasteiger partial charge on any atom is 0.158 e. The van der Waals surface area contributed by atoms with Crippen LogP contribution in [-0.2, 0) is 0 Å². The van der Waals surface area contributed by atoms with Crippen molar-refractivity contribution < 1.29 is 5.11 Å². The predicted molar refractivity (Wildman–Crippen MR) is 119 cm³/mol. The molecule has 6 rings (SSSR count). The second kappa shape index (κ2) is 6.67. The van der Waals surface area contributed by atoms with Crippen molar-refractivity contribution in [3.8, 4) is 0 Å². The van der Waals surface area contributed by atoms with Crippen molar-refractivity contribution in [3.63, 3.8) is 0 Å². The Morgan fingerprint density at radius 1 is 0.733 bits per heavy atom. The van der Waals surface area contributed by atoms with Crippen LogP contribution < -0.4 is 0 Å². The summed E-state index contributed by atoms with van der Waals surface area (Å²) in [4.78, 5) is 0. The molecule has 5 heteroatoms. The highest BCUT2D eigenvalue weighted by Crippen LogP contribution is 2.43. The lowest BCUT2D eigenvalue weighted by atomic mass is 9.82. The van der Waals surface area contributed by atoms with Crippen LogP contribution in [0, 0.1) is 0 Å². The van der Waals surface area contributed by atoms with Crippen molar-refractivity contribution in [1.82, 2.24) is 19.6 Å². The van der Waals surface area contributed by atoms with Crippen LogP contribution >= 0.6 is 0 Å². The Kier molecular flexibility index (Phi) is 3.93. The normalized spacial score (nSPS) is 17.6. The molecular weight excluding hydrogens is 372 g/mol. The number of rotatable bonds is 3. The standard InChI is InChI=1S/C25H24N4O/c30-25(16-8-1-9-17-25)24(29-23-15-7-4-12-20(23)26-27-29)28-21-13-5-2-10-18(21)19-11-3-6-14-22(19)28/h2-7,10-15,24,30H,1,8-9,16-17H2. The maximum absolute atomic E-state index is 12.0. The smallest absolute Gasteiger partial charge is 0.158 e. The van der Waals surface area contributed by atoms with E-state index in [0.717, 1.165) is 47.8 Å². The van der Waals surface area contributed by atoms with Crippen LogP contribution in [0.3, 0.4) is 0 Å². The quantitative estimate of drug-likeness (QED) is 0.451. The maximum atomic E-state index is 12.0. The van der Waals surface area contributed by atoms with Gasteiger partial charge in [-0.3, -0.25) is 0 Å². The Morgan fingerprint density at radius 2 is 1.30 bits per heavy atom. The van der Waals surface area contributed by atoms with Crippen molar-refractivity contribution in [2.75, 3.05) is 0 Å². The Bertz CT molecular complexity index is 1310. The van der Waals surface area contributed by atoms with Gasteiger partial charge in [0.05, 0.1) is 16.6 Å². The van der Waals surface area contributed by atoms with E-state index in [0.29, 0.717) is 0 Å². The lowest BCUT2D eigenvalue weighted by molar-refractivity contribution is -0.0536. The molecule has 3 aromatic carbocycles. The van der Waals surface area contributed by atoms with Crippen LogP contribution in [0.2, 0.25) is 0 Å². The van der Waals surface area contributed by atoms with Crippen LogP contribution in [0.5, 0.6) is 0 Å². The molecule has 150 valence electrons. The zero-order chi connectivity index (χ0) is 20.1. The minimum atomic E-state index is -0.890. The summed E-state index contributed by atoms with van der Waals surface area (Å²) >= 11 is 0. The number of nitrogens with zero attached hydrogens (tertiary/aromatic N) is 4. The van der Waals surface area contributed by atoms with Crippen molar-refractivity contribution in [2.24, 2.45) is 0 Å². The van der Waals surface area contributed by atoms with E-state index in [-0.39, 0.29) is 6.17 Å². The first-order valence-corrected chi connectivity index (χ1v) is 10.8. The van der Waals surface area contributed by atoms with Gasteiger partial charge < -0.3 is 9.67 Å². The van der Waals surface area contributed by atoms with Crippen molar-refractivity contribution in [2.45, 2.75) is 43.9 Å². The lowest BCUT2D eigenvalue weighted by Gasteiger charge is -2.40. The topological polar surface area (TPSA) is 55.9 Å². The Labute approximate surface area is 174 Å². The van der Waals surface area contributed by atoms with Crippen LogP contribution in [-0.4, -0.2) is 30.3 Å². The van der Waals surface area contributed by atoms with Crippen LogP contribution in [0.15, 0.2) is 72.8 Å². The molecule has 2 aromatic heterocycles. The van der Waals surface area contributed by atoms with Gasteiger partial charge in [0, 0.05) is 10.8 Å². The zero-order valence-corrected chi connectivity index (χ0v) is 16.8. The van der Waals surface area contributed by atoms with Gasteiger partial charge in [0.2, 0.25) is 0 Å². The largest absolute Gasteiger partial charge is 0.386 e. The van der Waals surface area contributed by atoms with Gasteiger partial charge in [0.25, 0.3) is 0 Å².